The molecule has 2 aliphatic rings. The second-order valence-electron chi connectivity index (χ2n) is 7.12. The van der Waals surface area contributed by atoms with Gasteiger partial charge in [-0.05, 0) is 25.8 Å². The second-order valence-corrected chi connectivity index (χ2v) is 7.12. The van der Waals surface area contributed by atoms with Gasteiger partial charge in [0.05, 0.1) is 19.3 Å². The molecule has 2 fully saturated rings. The molecular formula is C17H31N3O4. The highest BCUT2D eigenvalue weighted by Gasteiger charge is 2.28. The van der Waals surface area contributed by atoms with Crippen LogP contribution in [-0.4, -0.2) is 78.9 Å². The van der Waals surface area contributed by atoms with Crippen molar-refractivity contribution >= 4 is 12.0 Å². The van der Waals surface area contributed by atoms with Crippen molar-refractivity contribution in [2.75, 3.05) is 39.8 Å². The van der Waals surface area contributed by atoms with E-state index in [0.29, 0.717) is 26.2 Å². The monoisotopic (exact) mass is 341 g/mol. The van der Waals surface area contributed by atoms with Crippen LogP contribution in [0.25, 0.3) is 0 Å². The van der Waals surface area contributed by atoms with E-state index in [9.17, 15) is 9.59 Å². The molecule has 138 valence electrons. The highest BCUT2D eigenvalue weighted by Crippen LogP contribution is 2.26. The van der Waals surface area contributed by atoms with Crippen LogP contribution in [0.2, 0.25) is 0 Å². The molecule has 0 bridgehead atoms. The number of carbonyl (C=O) groups is 2. The van der Waals surface area contributed by atoms with Gasteiger partial charge < -0.3 is 20.1 Å². The Bertz CT molecular complexity index is 432. The summed E-state index contributed by atoms with van der Waals surface area (Å²) < 4.78 is 5.68. The first-order valence-electron chi connectivity index (χ1n) is 9.05. The number of amides is 2. The second kappa shape index (κ2) is 9.22. The minimum Gasteiger partial charge on any atom is -0.480 e. The number of hydrogen-bond donors (Lipinski definition) is 2. The molecule has 2 N–H and O–H groups in total. The number of carboxylic acid groups (broad SMARTS) is 1. The van der Waals surface area contributed by atoms with E-state index in [1.165, 1.54) is 19.3 Å². The van der Waals surface area contributed by atoms with Crippen LogP contribution in [0.3, 0.4) is 0 Å². The Balaban J connectivity index is 1.78. The zero-order valence-corrected chi connectivity index (χ0v) is 14.9. The number of nitrogens with one attached hydrogen (secondary N) is 1. The third-order valence-electron chi connectivity index (χ3n) is 5.03. The highest BCUT2D eigenvalue weighted by molar-refractivity contribution is 5.74. The molecule has 7 nitrogen and oxygen atoms in total. The average Bonchev–Trinajstić information content (AvgIpc) is 2.54. The molecule has 0 spiro atoms. The Morgan fingerprint density at radius 2 is 2.17 bits per heavy atom. The molecule has 2 rings (SSSR count). The first-order valence-corrected chi connectivity index (χ1v) is 9.05. The molecule has 1 saturated heterocycles. The van der Waals surface area contributed by atoms with Crippen LogP contribution in [0.1, 0.15) is 39.0 Å². The van der Waals surface area contributed by atoms with Crippen LogP contribution < -0.4 is 5.32 Å². The maximum atomic E-state index is 12.5. The van der Waals surface area contributed by atoms with E-state index in [-0.39, 0.29) is 24.7 Å². The molecule has 7 heteroatoms. The van der Waals surface area contributed by atoms with Crippen LogP contribution in [0, 0.1) is 5.92 Å². The Labute approximate surface area is 144 Å². The first kappa shape index (κ1) is 19.0. The van der Waals surface area contributed by atoms with Crippen molar-refractivity contribution in [2.45, 2.75) is 51.2 Å². The van der Waals surface area contributed by atoms with Crippen LogP contribution >= 0.6 is 0 Å². The molecule has 1 heterocycles. The predicted molar refractivity (Wildman–Crippen MR) is 91.0 cm³/mol. The number of likely N-dealkylation sites (N-methyl/N-ethyl adjacent to an activating group) is 1. The number of morpholine rings is 1. The van der Waals surface area contributed by atoms with Gasteiger partial charge in [0, 0.05) is 25.7 Å². The normalized spacial score (nSPS) is 28.0. The first-order chi connectivity index (χ1) is 11.5. The van der Waals surface area contributed by atoms with Gasteiger partial charge >= 0.3 is 12.0 Å². The van der Waals surface area contributed by atoms with E-state index in [4.69, 9.17) is 9.84 Å². The lowest BCUT2D eigenvalue weighted by Gasteiger charge is -2.36. The van der Waals surface area contributed by atoms with Gasteiger partial charge in [0.15, 0.2) is 0 Å². The number of carboxylic acids is 1. The Morgan fingerprint density at radius 1 is 1.38 bits per heavy atom. The van der Waals surface area contributed by atoms with Crippen LogP contribution in [0.5, 0.6) is 0 Å². The fourth-order valence-electron chi connectivity index (χ4n) is 3.72. The molecule has 0 aromatic rings. The summed E-state index contributed by atoms with van der Waals surface area (Å²) in [7, 11) is 1.75. The molecule has 3 atom stereocenters. The van der Waals surface area contributed by atoms with Crippen LogP contribution in [0.4, 0.5) is 4.79 Å². The Morgan fingerprint density at radius 3 is 2.88 bits per heavy atom. The molecule has 1 aliphatic heterocycles. The lowest BCUT2D eigenvalue weighted by atomic mass is 9.84. The van der Waals surface area contributed by atoms with Crippen molar-refractivity contribution in [3.8, 4) is 0 Å². The summed E-state index contributed by atoms with van der Waals surface area (Å²) in [4.78, 5) is 26.8. The number of nitrogens with zero attached hydrogens (tertiary/aromatic N) is 2. The zero-order chi connectivity index (χ0) is 17.5. The fraction of sp³-hybridized carbons (Fsp3) is 0.882. The van der Waals surface area contributed by atoms with E-state index < -0.39 is 5.97 Å². The molecule has 0 aromatic carbocycles. The molecule has 0 aromatic heterocycles. The van der Waals surface area contributed by atoms with Gasteiger partial charge in [-0.2, -0.15) is 0 Å². The minimum absolute atomic E-state index is 0.00839. The summed E-state index contributed by atoms with van der Waals surface area (Å²) in [6.45, 7) is 4.31. The zero-order valence-electron chi connectivity index (χ0n) is 14.9. The van der Waals surface area contributed by atoms with Crippen LogP contribution in [-0.2, 0) is 9.53 Å². The molecular weight excluding hydrogens is 310 g/mol. The van der Waals surface area contributed by atoms with Crippen molar-refractivity contribution in [2.24, 2.45) is 5.92 Å². The molecule has 1 saturated carbocycles. The van der Waals surface area contributed by atoms with Gasteiger partial charge in [-0.1, -0.05) is 26.2 Å². The van der Waals surface area contributed by atoms with E-state index in [1.54, 1.807) is 16.8 Å². The third kappa shape index (κ3) is 5.94. The SMILES string of the molecule is CCC1CCCC(NC(=O)N2CCOC(CN(C)CC(=O)O)C2)C1. The highest BCUT2D eigenvalue weighted by atomic mass is 16.5. The Kier molecular flexibility index (Phi) is 7.30. The van der Waals surface area contributed by atoms with Crippen molar-refractivity contribution in [1.29, 1.82) is 0 Å². The molecule has 1 aliphatic carbocycles. The smallest absolute Gasteiger partial charge is 0.317 e. The Hall–Kier alpha value is -1.34. The van der Waals surface area contributed by atoms with E-state index in [2.05, 4.69) is 12.2 Å². The van der Waals surface area contributed by atoms with E-state index in [1.807, 2.05) is 0 Å². The van der Waals surface area contributed by atoms with Gasteiger partial charge in [-0.25, -0.2) is 4.79 Å². The predicted octanol–water partition coefficient (Wildman–Crippen LogP) is 1.38. The lowest BCUT2D eigenvalue weighted by Crippen LogP contribution is -2.54. The summed E-state index contributed by atoms with van der Waals surface area (Å²) in [5.41, 5.74) is 0. The molecule has 2 amide bonds. The van der Waals surface area contributed by atoms with Gasteiger partial charge in [0.1, 0.15) is 0 Å². The number of carbonyl (C=O) groups excluding carboxylic acids is 1. The number of hydrogen-bond acceptors (Lipinski definition) is 4. The maximum Gasteiger partial charge on any atom is 0.317 e. The van der Waals surface area contributed by atoms with Crippen molar-refractivity contribution in [1.82, 2.24) is 15.1 Å². The summed E-state index contributed by atoms with van der Waals surface area (Å²) in [5, 5.41) is 12.0. The van der Waals surface area contributed by atoms with Crippen molar-refractivity contribution in [3.63, 3.8) is 0 Å². The number of urea groups is 1. The number of ether oxygens (including phenoxy) is 1. The van der Waals surface area contributed by atoms with Crippen molar-refractivity contribution in [3.05, 3.63) is 0 Å². The van der Waals surface area contributed by atoms with Gasteiger partial charge in [-0.15, -0.1) is 0 Å². The quantitative estimate of drug-likeness (QED) is 0.763. The van der Waals surface area contributed by atoms with Gasteiger partial charge in [0.2, 0.25) is 0 Å². The number of rotatable bonds is 6. The summed E-state index contributed by atoms with van der Waals surface area (Å²) in [6.07, 6.45) is 5.66. The third-order valence-corrected chi connectivity index (χ3v) is 5.03. The molecule has 24 heavy (non-hydrogen) atoms. The summed E-state index contributed by atoms with van der Waals surface area (Å²) >= 11 is 0. The van der Waals surface area contributed by atoms with E-state index >= 15 is 0 Å². The maximum absolute atomic E-state index is 12.5. The topological polar surface area (TPSA) is 82.1 Å². The lowest BCUT2D eigenvalue weighted by molar-refractivity contribution is -0.138. The summed E-state index contributed by atoms with van der Waals surface area (Å²) in [5.74, 6) is -0.128. The standard InChI is InChI=1S/C17H31N3O4/c1-3-13-5-4-6-14(9-13)18-17(23)20-7-8-24-15(11-20)10-19(2)12-16(21)22/h13-15H,3-12H2,1-2H3,(H,18,23)(H,21,22). The van der Waals surface area contributed by atoms with Crippen molar-refractivity contribution < 1.29 is 19.4 Å². The van der Waals surface area contributed by atoms with Gasteiger partial charge in [0.25, 0.3) is 0 Å². The largest absolute Gasteiger partial charge is 0.480 e. The average molecular weight is 341 g/mol. The van der Waals surface area contributed by atoms with Gasteiger partial charge in [-0.3, -0.25) is 9.69 Å². The number of aliphatic carboxylic acids is 1. The fourth-order valence-corrected chi connectivity index (χ4v) is 3.72. The van der Waals surface area contributed by atoms with E-state index in [0.717, 1.165) is 18.8 Å². The minimum atomic E-state index is -0.856. The summed E-state index contributed by atoms with van der Waals surface area (Å²) in [6, 6.07) is 0.276. The molecule has 3 unspecified atom stereocenters. The molecule has 0 radical (unpaired) electrons. The van der Waals surface area contributed by atoms with Crippen LogP contribution in [0.15, 0.2) is 0 Å².